The van der Waals surface area contributed by atoms with Crippen LogP contribution in [0, 0.1) is 5.92 Å². The SMILES string of the molecule is C=C[C@H]1C[C@]1(N)C(C)=O. The highest BCUT2D eigenvalue weighted by Gasteiger charge is 2.52. The van der Waals surface area contributed by atoms with Crippen molar-refractivity contribution in [3.05, 3.63) is 12.7 Å². The van der Waals surface area contributed by atoms with E-state index < -0.39 is 5.54 Å². The summed E-state index contributed by atoms with van der Waals surface area (Å²) in [5, 5.41) is 0. The van der Waals surface area contributed by atoms with Crippen molar-refractivity contribution in [2.45, 2.75) is 18.9 Å². The molecule has 0 radical (unpaired) electrons. The molecule has 0 aliphatic heterocycles. The zero-order valence-corrected chi connectivity index (χ0v) is 5.55. The van der Waals surface area contributed by atoms with Gasteiger partial charge in [0.1, 0.15) is 5.78 Å². The van der Waals surface area contributed by atoms with Crippen LogP contribution in [-0.2, 0) is 4.79 Å². The molecule has 1 saturated carbocycles. The van der Waals surface area contributed by atoms with Gasteiger partial charge in [0.15, 0.2) is 0 Å². The van der Waals surface area contributed by atoms with E-state index in [0.717, 1.165) is 6.42 Å². The van der Waals surface area contributed by atoms with Crippen molar-refractivity contribution < 1.29 is 4.79 Å². The lowest BCUT2D eigenvalue weighted by Gasteiger charge is -2.01. The summed E-state index contributed by atoms with van der Waals surface area (Å²) in [6, 6.07) is 0. The second-order valence-corrected chi connectivity index (χ2v) is 2.64. The molecule has 2 heteroatoms. The molecule has 0 heterocycles. The second kappa shape index (κ2) is 1.67. The minimum absolute atomic E-state index is 0.0763. The fourth-order valence-corrected chi connectivity index (χ4v) is 1.00. The zero-order valence-electron chi connectivity index (χ0n) is 5.55. The standard InChI is InChI=1S/C7H11NO/c1-3-6-4-7(6,8)5(2)9/h3,6H,1,4,8H2,2H3/t6-,7-/m0/s1. The summed E-state index contributed by atoms with van der Waals surface area (Å²) in [6.07, 6.45) is 2.53. The van der Waals surface area contributed by atoms with Crippen molar-refractivity contribution in [1.29, 1.82) is 0 Å². The first-order chi connectivity index (χ1) is 4.11. The molecule has 0 spiro atoms. The van der Waals surface area contributed by atoms with Gasteiger partial charge >= 0.3 is 0 Å². The molecule has 2 N–H and O–H groups in total. The van der Waals surface area contributed by atoms with E-state index in [1.807, 2.05) is 0 Å². The molecule has 1 rings (SSSR count). The van der Waals surface area contributed by atoms with Crippen LogP contribution in [0.5, 0.6) is 0 Å². The van der Waals surface area contributed by atoms with Crippen LogP contribution in [0.3, 0.4) is 0 Å². The molecule has 1 aliphatic carbocycles. The van der Waals surface area contributed by atoms with Crippen molar-refractivity contribution in [3.8, 4) is 0 Å². The molecular formula is C7H11NO. The number of carbonyl (C=O) groups excluding carboxylic acids is 1. The van der Waals surface area contributed by atoms with E-state index in [1.54, 1.807) is 6.08 Å². The molecule has 0 unspecified atom stereocenters. The smallest absolute Gasteiger partial charge is 0.150 e. The number of hydrogen-bond acceptors (Lipinski definition) is 2. The molecule has 0 bridgehead atoms. The lowest BCUT2D eigenvalue weighted by Crippen LogP contribution is -2.32. The lowest BCUT2D eigenvalue weighted by atomic mass is 10.1. The van der Waals surface area contributed by atoms with Crippen LogP contribution in [0.25, 0.3) is 0 Å². The van der Waals surface area contributed by atoms with Crippen molar-refractivity contribution in [3.63, 3.8) is 0 Å². The van der Waals surface area contributed by atoms with Crippen molar-refractivity contribution in [2.75, 3.05) is 0 Å². The van der Waals surface area contributed by atoms with Crippen LogP contribution in [0.4, 0.5) is 0 Å². The zero-order chi connectivity index (χ0) is 7.07. The molecule has 1 aliphatic rings. The lowest BCUT2D eigenvalue weighted by molar-refractivity contribution is -0.119. The van der Waals surface area contributed by atoms with Gasteiger partial charge in [-0.3, -0.25) is 4.79 Å². The first-order valence-corrected chi connectivity index (χ1v) is 3.03. The summed E-state index contributed by atoms with van der Waals surface area (Å²) in [7, 11) is 0. The topological polar surface area (TPSA) is 43.1 Å². The van der Waals surface area contributed by atoms with Gasteiger partial charge < -0.3 is 5.73 Å². The van der Waals surface area contributed by atoms with Gasteiger partial charge in [-0.2, -0.15) is 0 Å². The number of ketones is 1. The molecule has 2 atom stereocenters. The number of Topliss-reactive ketones (excluding diaryl/α,β-unsaturated/α-hetero) is 1. The Bertz CT molecular complexity index is 164. The van der Waals surface area contributed by atoms with Gasteiger partial charge in [-0.15, -0.1) is 6.58 Å². The van der Waals surface area contributed by atoms with E-state index in [2.05, 4.69) is 6.58 Å². The maximum Gasteiger partial charge on any atom is 0.150 e. The molecule has 0 amide bonds. The molecule has 9 heavy (non-hydrogen) atoms. The average Bonchev–Trinajstić information content (AvgIpc) is 2.44. The van der Waals surface area contributed by atoms with E-state index in [4.69, 9.17) is 5.73 Å². The number of hydrogen-bond donors (Lipinski definition) is 1. The highest BCUT2D eigenvalue weighted by atomic mass is 16.1. The first kappa shape index (κ1) is 6.49. The maximum absolute atomic E-state index is 10.7. The van der Waals surface area contributed by atoms with Gasteiger partial charge in [-0.05, 0) is 13.3 Å². The van der Waals surface area contributed by atoms with Gasteiger partial charge in [-0.1, -0.05) is 6.08 Å². The monoisotopic (exact) mass is 125 g/mol. The number of rotatable bonds is 2. The molecule has 0 aromatic carbocycles. The fraction of sp³-hybridized carbons (Fsp3) is 0.571. The van der Waals surface area contributed by atoms with Crippen molar-refractivity contribution in [1.82, 2.24) is 0 Å². The molecule has 2 nitrogen and oxygen atoms in total. The Morgan fingerprint density at radius 2 is 2.56 bits per heavy atom. The van der Waals surface area contributed by atoms with E-state index in [1.165, 1.54) is 6.92 Å². The average molecular weight is 125 g/mol. The summed E-state index contributed by atoms with van der Waals surface area (Å²) < 4.78 is 0. The minimum atomic E-state index is -0.540. The van der Waals surface area contributed by atoms with Crippen LogP contribution in [0.1, 0.15) is 13.3 Å². The molecule has 0 saturated heterocycles. The largest absolute Gasteiger partial charge is 0.318 e. The van der Waals surface area contributed by atoms with Gasteiger partial charge in [0.25, 0.3) is 0 Å². The van der Waals surface area contributed by atoms with Crippen molar-refractivity contribution in [2.24, 2.45) is 11.7 Å². The van der Waals surface area contributed by atoms with Crippen LogP contribution in [-0.4, -0.2) is 11.3 Å². The predicted octanol–water partition coefficient (Wildman–Crippen LogP) is 0.479. The normalized spacial score (nSPS) is 40.0. The summed E-state index contributed by atoms with van der Waals surface area (Å²) in [4.78, 5) is 10.7. The second-order valence-electron chi connectivity index (χ2n) is 2.64. The van der Waals surface area contributed by atoms with E-state index in [9.17, 15) is 4.79 Å². The third-order valence-electron chi connectivity index (χ3n) is 2.00. The van der Waals surface area contributed by atoms with Crippen LogP contribution < -0.4 is 5.73 Å². The fourth-order valence-electron chi connectivity index (χ4n) is 1.00. The Labute approximate surface area is 54.7 Å². The van der Waals surface area contributed by atoms with Gasteiger partial charge in [-0.25, -0.2) is 0 Å². The number of nitrogens with two attached hydrogens (primary N) is 1. The van der Waals surface area contributed by atoms with Gasteiger partial charge in [0.05, 0.1) is 5.54 Å². The Hall–Kier alpha value is -0.630. The Kier molecular flexibility index (Phi) is 1.21. The first-order valence-electron chi connectivity index (χ1n) is 3.03. The summed E-state index contributed by atoms with van der Waals surface area (Å²) in [5.74, 6) is 0.308. The minimum Gasteiger partial charge on any atom is -0.318 e. The third kappa shape index (κ3) is 0.793. The van der Waals surface area contributed by atoms with E-state index in [0.29, 0.717) is 0 Å². The van der Waals surface area contributed by atoms with E-state index in [-0.39, 0.29) is 11.7 Å². The molecule has 0 aromatic heterocycles. The van der Waals surface area contributed by atoms with Crippen LogP contribution in [0.2, 0.25) is 0 Å². The van der Waals surface area contributed by atoms with Crippen LogP contribution >= 0.6 is 0 Å². The Morgan fingerprint density at radius 3 is 2.67 bits per heavy atom. The molecule has 1 fully saturated rings. The summed E-state index contributed by atoms with van der Waals surface area (Å²) >= 11 is 0. The van der Waals surface area contributed by atoms with Gasteiger partial charge in [0, 0.05) is 5.92 Å². The molecular weight excluding hydrogens is 114 g/mol. The van der Waals surface area contributed by atoms with Gasteiger partial charge in [0.2, 0.25) is 0 Å². The van der Waals surface area contributed by atoms with E-state index >= 15 is 0 Å². The maximum atomic E-state index is 10.7. The predicted molar refractivity (Wildman–Crippen MR) is 35.9 cm³/mol. The highest BCUT2D eigenvalue weighted by Crippen LogP contribution is 2.42. The summed E-state index contributed by atoms with van der Waals surface area (Å²) in [5.41, 5.74) is 5.08. The molecule has 50 valence electrons. The molecule has 0 aromatic rings. The number of carbonyl (C=O) groups is 1. The highest BCUT2D eigenvalue weighted by molar-refractivity contribution is 5.90. The summed E-state index contributed by atoms with van der Waals surface area (Å²) in [6.45, 7) is 5.10. The van der Waals surface area contributed by atoms with Crippen molar-refractivity contribution >= 4 is 5.78 Å². The van der Waals surface area contributed by atoms with Crippen LogP contribution in [0.15, 0.2) is 12.7 Å². The Morgan fingerprint density at radius 1 is 2.00 bits per heavy atom. The third-order valence-corrected chi connectivity index (χ3v) is 2.00. The quantitative estimate of drug-likeness (QED) is 0.545. The Balaban J connectivity index is 2.62.